The molecule has 0 spiro atoms. The van der Waals surface area contributed by atoms with E-state index in [0.717, 1.165) is 0 Å². The number of rotatable bonds is 0. The molecule has 0 aromatic heterocycles. The third kappa shape index (κ3) is 18600. The third-order valence-corrected chi connectivity index (χ3v) is 0. The van der Waals surface area contributed by atoms with Crippen molar-refractivity contribution in [2.45, 2.75) is 99.1 Å². The van der Waals surface area contributed by atoms with Gasteiger partial charge in [-0.25, -0.2) is 0 Å². The van der Waals surface area contributed by atoms with Gasteiger partial charge in [-0.2, -0.15) is 0 Å². The van der Waals surface area contributed by atoms with Gasteiger partial charge in [0, 0.05) is 27.8 Å². The second-order valence-electron chi connectivity index (χ2n) is 7.61. The van der Waals surface area contributed by atoms with Crippen LogP contribution in [0.3, 0.4) is 0 Å². The van der Waals surface area contributed by atoms with Crippen LogP contribution in [0.2, 0.25) is 0 Å². The minimum Gasteiger partial charge on any atom is -0.394 e. The first-order valence-electron chi connectivity index (χ1n) is 6.58. The number of aliphatic hydroxyl groups excluding tert-OH is 1. The van der Waals surface area contributed by atoms with Gasteiger partial charge in [-0.1, -0.05) is 0 Å². The normalized spacial score (nSPS) is 10.8. The fourth-order valence-corrected chi connectivity index (χ4v) is 0. The van der Waals surface area contributed by atoms with Crippen LogP contribution in [-0.2, 0) is 21.7 Å². The molecule has 4 nitrogen and oxygen atoms in total. The van der Waals surface area contributed by atoms with Gasteiger partial charge in [-0.05, 0) is 76.2 Å². The molecule has 0 aliphatic heterocycles. The van der Waals surface area contributed by atoms with E-state index in [1.807, 2.05) is 0 Å². The molecule has 0 aromatic carbocycles. The van der Waals surface area contributed by atoms with Gasteiger partial charge < -0.3 is 20.4 Å². The molecule has 0 bridgehead atoms. The van der Waals surface area contributed by atoms with Crippen LogP contribution in [0.4, 0.5) is 0 Å². The topological polar surface area (TPSA) is 80.9 Å². The molecule has 126 valence electrons. The number of hydrogen-bond donors (Lipinski definition) is 4. The molecule has 0 saturated heterocycles. The zero-order chi connectivity index (χ0) is 17.1. The first-order chi connectivity index (χ1) is 7.73. The van der Waals surface area contributed by atoms with Crippen LogP contribution in [0.1, 0.15) is 76.2 Å². The average Bonchev–Trinajstić information content (AvgIpc) is 1.66. The Balaban J connectivity index is -0.0000000494. The molecule has 0 aliphatic rings. The molecule has 0 amide bonds. The molecule has 0 radical (unpaired) electrons. The van der Waals surface area contributed by atoms with Crippen molar-refractivity contribution in [3.05, 3.63) is 0 Å². The smallest absolute Gasteiger partial charge is 0.0563 e. The first-order valence-corrected chi connectivity index (χ1v) is 6.58. The summed E-state index contributed by atoms with van der Waals surface area (Å²) in [7, 11) is 0. The summed E-state index contributed by atoms with van der Waals surface area (Å²) in [6.07, 6.45) is -0.167. The molecule has 0 saturated carbocycles. The molecule has 4 N–H and O–H groups in total. The molecular formula is C15H38O4Ti. The summed E-state index contributed by atoms with van der Waals surface area (Å²) < 4.78 is 0. The van der Waals surface area contributed by atoms with E-state index in [-0.39, 0.29) is 27.8 Å². The van der Waals surface area contributed by atoms with E-state index < -0.39 is 16.8 Å². The van der Waals surface area contributed by atoms with Gasteiger partial charge in [0.2, 0.25) is 0 Å². The van der Waals surface area contributed by atoms with Crippen LogP contribution in [0, 0.1) is 0 Å². The van der Waals surface area contributed by atoms with Crippen molar-refractivity contribution >= 4 is 0 Å². The monoisotopic (exact) mass is 330 g/mol. The van der Waals surface area contributed by atoms with E-state index in [9.17, 15) is 0 Å². The second-order valence-corrected chi connectivity index (χ2v) is 7.61. The van der Waals surface area contributed by atoms with Crippen LogP contribution in [0.25, 0.3) is 0 Å². The summed E-state index contributed by atoms with van der Waals surface area (Å²) in [6.45, 7) is 19.1. The third-order valence-electron chi connectivity index (χ3n) is 0. The zero-order valence-electron chi connectivity index (χ0n) is 15.4. The van der Waals surface area contributed by atoms with Crippen molar-refractivity contribution < 1.29 is 42.1 Å². The Morgan fingerprint density at radius 2 is 0.550 bits per heavy atom. The Bertz CT molecular complexity index is 124. The summed E-state index contributed by atoms with van der Waals surface area (Å²) in [5.41, 5.74) is -1.50. The Labute approximate surface area is 141 Å². The van der Waals surface area contributed by atoms with Crippen molar-refractivity contribution in [2.24, 2.45) is 0 Å². The van der Waals surface area contributed by atoms with Crippen LogP contribution in [0.5, 0.6) is 0 Å². The van der Waals surface area contributed by atoms with Gasteiger partial charge in [-0.3, -0.25) is 0 Å². The number of aliphatic hydroxyl groups is 4. The van der Waals surface area contributed by atoms with Gasteiger partial charge in [0.25, 0.3) is 0 Å². The Morgan fingerprint density at radius 1 is 0.550 bits per heavy atom. The fraction of sp³-hybridized carbons (Fsp3) is 1.00. The van der Waals surface area contributed by atoms with Crippen LogP contribution in [-0.4, -0.2) is 43.3 Å². The Kier molecular flexibility index (Phi) is 23.5. The standard InChI is InChI=1S/3C4H10O.C3H8O.Ti/c3*1-4(2,3)5;1-3(2)4;/h3*5H,1-3H3;3-4H,1-2H3;. The maximum absolute atomic E-state index is 8.52. The van der Waals surface area contributed by atoms with E-state index in [0.29, 0.717) is 0 Å². The van der Waals surface area contributed by atoms with E-state index in [4.69, 9.17) is 20.4 Å². The molecular weight excluding hydrogens is 292 g/mol. The van der Waals surface area contributed by atoms with Crippen LogP contribution >= 0.6 is 0 Å². The predicted molar refractivity (Wildman–Crippen MR) is 83.3 cm³/mol. The fourth-order valence-electron chi connectivity index (χ4n) is 0. The zero-order valence-corrected chi connectivity index (χ0v) is 16.9. The SMILES string of the molecule is CC(C)(C)O.CC(C)(C)O.CC(C)(C)O.CC(C)O.[Ti]. The maximum atomic E-state index is 8.52. The quantitative estimate of drug-likeness (QED) is 0.515. The molecule has 20 heavy (non-hydrogen) atoms. The van der Waals surface area contributed by atoms with Crippen molar-refractivity contribution in [1.29, 1.82) is 0 Å². The summed E-state index contributed by atoms with van der Waals surface area (Å²) >= 11 is 0. The summed E-state index contributed by atoms with van der Waals surface area (Å²) in [6, 6.07) is 0. The summed E-state index contributed by atoms with van der Waals surface area (Å²) in [5.74, 6) is 0. The minimum atomic E-state index is -0.500. The molecule has 0 heterocycles. The molecule has 0 atom stereocenters. The minimum absolute atomic E-state index is 0. The largest absolute Gasteiger partial charge is 0.394 e. The first kappa shape index (κ1) is 32.5. The Morgan fingerprint density at radius 3 is 0.550 bits per heavy atom. The molecule has 0 unspecified atom stereocenters. The van der Waals surface area contributed by atoms with Gasteiger partial charge >= 0.3 is 0 Å². The maximum Gasteiger partial charge on any atom is 0.0563 e. The van der Waals surface area contributed by atoms with Gasteiger partial charge in [0.05, 0.1) is 16.8 Å². The van der Waals surface area contributed by atoms with E-state index in [2.05, 4.69) is 0 Å². The number of hydrogen-bond acceptors (Lipinski definition) is 4. The van der Waals surface area contributed by atoms with Gasteiger partial charge in [0.1, 0.15) is 0 Å². The van der Waals surface area contributed by atoms with Crippen LogP contribution in [0.15, 0.2) is 0 Å². The molecule has 0 aliphatic carbocycles. The van der Waals surface area contributed by atoms with Crippen molar-refractivity contribution in [1.82, 2.24) is 0 Å². The second kappa shape index (κ2) is 14.5. The summed E-state index contributed by atoms with van der Waals surface area (Å²) in [5, 5.41) is 33.6. The summed E-state index contributed by atoms with van der Waals surface area (Å²) in [4.78, 5) is 0. The molecule has 5 heteroatoms. The molecule has 0 fully saturated rings. The Hall–Kier alpha value is 0.554. The average molecular weight is 330 g/mol. The van der Waals surface area contributed by atoms with E-state index >= 15 is 0 Å². The van der Waals surface area contributed by atoms with Gasteiger partial charge in [-0.15, -0.1) is 0 Å². The predicted octanol–water partition coefficient (Wildman–Crippen LogP) is 2.72. The van der Waals surface area contributed by atoms with Crippen molar-refractivity contribution in [3.8, 4) is 0 Å². The van der Waals surface area contributed by atoms with Crippen LogP contribution < -0.4 is 0 Å². The molecule has 0 aromatic rings. The van der Waals surface area contributed by atoms with Crippen molar-refractivity contribution in [2.75, 3.05) is 0 Å². The van der Waals surface area contributed by atoms with Crippen molar-refractivity contribution in [3.63, 3.8) is 0 Å². The van der Waals surface area contributed by atoms with E-state index in [1.54, 1.807) is 76.2 Å². The van der Waals surface area contributed by atoms with E-state index in [1.165, 1.54) is 0 Å². The van der Waals surface area contributed by atoms with Gasteiger partial charge in [0.15, 0.2) is 0 Å². The molecule has 0 rings (SSSR count).